The Labute approximate surface area is 257 Å². The highest BCUT2D eigenvalue weighted by atomic mass is 16.6. The molecule has 0 aromatic heterocycles. The number of non-ortho nitro benzene ring substituents is 1. The molecule has 0 bridgehead atoms. The highest BCUT2D eigenvalue weighted by molar-refractivity contribution is 6.16. The third-order valence-corrected chi connectivity index (χ3v) is 8.86. The van der Waals surface area contributed by atoms with Gasteiger partial charge >= 0.3 is 5.97 Å². The Bertz CT molecular complexity index is 1970. The molecule has 4 atom stereocenters. The van der Waals surface area contributed by atoms with Crippen molar-refractivity contribution in [3.05, 3.63) is 141 Å². The fourth-order valence-electron chi connectivity index (χ4n) is 7.14. The molecule has 10 heteroatoms. The van der Waals surface area contributed by atoms with Crippen molar-refractivity contribution in [2.75, 3.05) is 5.32 Å². The zero-order valence-corrected chi connectivity index (χ0v) is 23.9. The number of ether oxygens (including phenoxy) is 1. The number of hydrogen-bond donors (Lipinski definition) is 1. The molecule has 10 nitrogen and oxygen atoms in total. The number of Topliss-reactive ketones (excluding diaryl/α,β-unsaturated/α-hetero) is 2. The smallest absolute Gasteiger partial charge is 0.308 e. The van der Waals surface area contributed by atoms with Crippen LogP contribution in [0.25, 0.3) is 6.08 Å². The van der Waals surface area contributed by atoms with Crippen LogP contribution in [0.1, 0.15) is 50.4 Å². The monoisotopic (exact) mass is 599 g/mol. The Morgan fingerprint density at radius 3 is 2.38 bits per heavy atom. The lowest BCUT2D eigenvalue weighted by atomic mass is 9.62. The van der Waals surface area contributed by atoms with E-state index in [0.717, 1.165) is 11.1 Å². The number of benzene rings is 4. The highest BCUT2D eigenvalue weighted by Crippen LogP contribution is 2.62. The molecule has 7 rings (SSSR count). The zero-order chi connectivity index (χ0) is 31.5. The number of rotatable bonds is 6. The molecule has 0 radical (unpaired) electrons. The van der Waals surface area contributed by atoms with Gasteiger partial charge in [-0.25, -0.2) is 0 Å². The second-order valence-corrected chi connectivity index (χ2v) is 11.2. The van der Waals surface area contributed by atoms with Crippen LogP contribution in [0.15, 0.2) is 103 Å². The fourth-order valence-corrected chi connectivity index (χ4v) is 7.14. The Hall–Kier alpha value is -5.90. The Kier molecular flexibility index (Phi) is 6.43. The number of nitrogens with zero attached hydrogens (tertiary/aromatic N) is 2. The van der Waals surface area contributed by atoms with E-state index in [9.17, 15) is 29.3 Å². The first kappa shape index (κ1) is 27.9. The van der Waals surface area contributed by atoms with Gasteiger partial charge in [-0.2, -0.15) is 0 Å². The van der Waals surface area contributed by atoms with E-state index in [1.165, 1.54) is 55.5 Å². The molecule has 0 aliphatic carbocycles. The maximum atomic E-state index is 14.9. The third-order valence-electron chi connectivity index (χ3n) is 8.86. The molecule has 3 aliphatic rings. The second kappa shape index (κ2) is 10.4. The van der Waals surface area contributed by atoms with Crippen LogP contribution in [0.2, 0.25) is 0 Å². The van der Waals surface area contributed by atoms with Gasteiger partial charge in [-0.3, -0.25) is 29.3 Å². The molecule has 3 aliphatic heterocycles. The average molecular weight is 600 g/mol. The number of esters is 1. The molecule has 222 valence electrons. The predicted octanol–water partition coefficient (Wildman–Crippen LogP) is 5.50. The number of nitro benzene ring substituents is 1. The third kappa shape index (κ3) is 4.17. The summed E-state index contributed by atoms with van der Waals surface area (Å²) in [4.78, 5) is 68.4. The van der Waals surface area contributed by atoms with Gasteiger partial charge in [0, 0.05) is 42.1 Å². The highest BCUT2D eigenvalue weighted by Gasteiger charge is 2.70. The van der Waals surface area contributed by atoms with Crippen LogP contribution < -0.4 is 10.1 Å². The number of anilines is 1. The number of nitro groups is 1. The minimum absolute atomic E-state index is 0.0193. The van der Waals surface area contributed by atoms with E-state index in [1.54, 1.807) is 35.4 Å². The minimum Gasteiger partial charge on any atom is -0.427 e. The molecule has 1 N–H and O–H groups in total. The second-order valence-electron chi connectivity index (χ2n) is 11.2. The van der Waals surface area contributed by atoms with E-state index >= 15 is 0 Å². The molecule has 45 heavy (non-hydrogen) atoms. The summed E-state index contributed by atoms with van der Waals surface area (Å²) in [5.74, 6) is -2.99. The fraction of sp³-hybridized carbons (Fsp3) is 0.143. The molecular formula is C35H25N3O7. The summed E-state index contributed by atoms with van der Waals surface area (Å²) in [6.07, 6.45) is 3.60. The molecule has 1 saturated heterocycles. The summed E-state index contributed by atoms with van der Waals surface area (Å²) in [6, 6.07) is 24.1. The van der Waals surface area contributed by atoms with Crippen LogP contribution in [-0.2, 0) is 15.0 Å². The SMILES string of the molecule is CC(=O)Oc1ccc(C(=O)[C@@H]2[C@@H](C(=O)c3cccc([N+](=O)[O-])c3)[C@@]3(C(=O)Nc4ccccc43)[C@H]3c4ccccc4C=CN23)cc1. The summed E-state index contributed by atoms with van der Waals surface area (Å²) in [6.45, 7) is 1.27. The normalized spacial score (nSPS) is 22.3. The van der Waals surface area contributed by atoms with Crippen LogP contribution >= 0.6 is 0 Å². The standard InChI is InChI=1S/C35H25N3O7/c1-20(39)45-25-15-13-22(14-16-25)32(41)30-29(31(40)23-8-6-9-24(19-23)38(43)44)35(27-11-4-5-12-28(27)36-34(35)42)33-26-10-3-2-7-21(26)17-18-37(30)33/h2-19,29-30,33H,1H3,(H,36,42)/t29-,30-,33+,35+/m0/s1. The van der Waals surface area contributed by atoms with Crippen molar-refractivity contribution in [1.29, 1.82) is 0 Å². The van der Waals surface area contributed by atoms with Gasteiger partial charge in [-0.05, 0) is 53.1 Å². The number of nitrogens with one attached hydrogen (secondary N) is 1. The van der Waals surface area contributed by atoms with E-state index in [0.29, 0.717) is 11.3 Å². The largest absolute Gasteiger partial charge is 0.427 e. The summed E-state index contributed by atoms with van der Waals surface area (Å²) in [5.41, 5.74) is 1.12. The molecule has 0 unspecified atom stereocenters. The lowest BCUT2D eigenvalue weighted by Gasteiger charge is -2.38. The van der Waals surface area contributed by atoms with Gasteiger partial charge < -0.3 is 15.0 Å². The maximum absolute atomic E-state index is 14.9. The van der Waals surface area contributed by atoms with E-state index in [1.807, 2.05) is 30.3 Å². The van der Waals surface area contributed by atoms with Gasteiger partial charge in [0.1, 0.15) is 17.2 Å². The molecule has 4 aromatic carbocycles. The molecule has 1 fully saturated rings. The van der Waals surface area contributed by atoms with Crippen LogP contribution in [0.5, 0.6) is 5.75 Å². The molecular weight excluding hydrogens is 574 g/mol. The number of amides is 1. The zero-order valence-electron chi connectivity index (χ0n) is 23.9. The van der Waals surface area contributed by atoms with E-state index in [2.05, 4.69) is 5.32 Å². The average Bonchev–Trinajstić information content (AvgIpc) is 3.52. The van der Waals surface area contributed by atoms with Gasteiger partial charge in [-0.15, -0.1) is 0 Å². The topological polar surface area (TPSA) is 136 Å². The Morgan fingerprint density at radius 1 is 0.889 bits per heavy atom. The van der Waals surface area contributed by atoms with Gasteiger partial charge in [-0.1, -0.05) is 54.6 Å². The van der Waals surface area contributed by atoms with Crippen molar-refractivity contribution >= 4 is 40.9 Å². The van der Waals surface area contributed by atoms with Crippen LogP contribution in [0.3, 0.4) is 0 Å². The van der Waals surface area contributed by atoms with Crippen LogP contribution in [0.4, 0.5) is 11.4 Å². The van der Waals surface area contributed by atoms with E-state index in [4.69, 9.17) is 4.74 Å². The summed E-state index contributed by atoms with van der Waals surface area (Å²) < 4.78 is 5.14. The van der Waals surface area contributed by atoms with Gasteiger partial charge in [0.15, 0.2) is 11.6 Å². The van der Waals surface area contributed by atoms with Gasteiger partial charge in [0.25, 0.3) is 5.69 Å². The summed E-state index contributed by atoms with van der Waals surface area (Å²) in [7, 11) is 0. The van der Waals surface area contributed by atoms with Crippen molar-refractivity contribution in [2.24, 2.45) is 5.92 Å². The summed E-state index contributed by atoms with van der Waals surface area (Å²) in [5, 5.41) is 14.7. The molecule has 1 amide bonds. The maximum Gasteiger partial charge on any atom is 0.308 e. The molecule has 3 heterocycles. The summed E-state index contributed by atoms with van der Waals surface area (Å²) >= 11 is 0. The first-order valence-corrected chi connectivity index (χ1v) is 14.3. The Morgan fingerprint density at radius 2 is 1.62 bits per heavy atom. The lowest BCUT2D eigenvalue weighted by molar-refractivity contribution is -0.384. The number of ketones is 2. The van der Waals surface area contributed by atoms with Gasteiger partial charge in [0.2, 0.25) is 5.91 Å². The number of hydrogen-bond acceptors (Lipinski definition) is 8. The van der Waals surface area contributed by atoms with Crippen LogP contribution in [0, 0.1) is 16.0 Å². The van der Waals surface area contributed by atoms with E-state index < -0.39 is 51.8 Å². The first-order valence-electron chi connectivity index (χ1n) is 14.3. The van der Waals surface area contributed by atoms with Crippen molar-refractivity contribution in [3.63, 3.8) is 0 Å². The molecule has 1 spiro atoms. The van der Waals surface area contributed by atoms with E-state index in [-0.39, 0.29) is 22.6 Å². The van der Waals surface area contributed by atoms with Gasteiger partial charge in [0.05, 0.1) is 16.9 Å². The van der Waals surface area contributed by atoms with Crippen molar-refractivity contribution in [2.45, 2.75) is 24.4 Å². The number of para-hydroxylation sites is 1. The number of carbonyl (C=O) groups excluding carboxylic acids is 4. The molecule has 4 aromatic rings. The first-order chi connectivity index (χ1) is 21.7. The number of carbonyl (C=O) groups is 4. The van der Waals surface area contributed by atoms with Crippen molar-refractivity contribution < 1.29 is 28.8 Å². The minimum atomic E-state index is -1.57. The lowest BCUT2D eigenvalue weighted by Crippen LogP contribution is -2.49. The number of fused-ring (bicyclic) bond motifs is 6. The Balaban J connectivity index is 1.48. The predicted molar refractivity (Wildman–Crippen MR) is 164 cm³/mol. The van der Waals surface area contributed by atoms with Crippen molar-refractivity contribution in [3.8, 4) is 5.75 Å². The molecule has 0 saturated carbocycles. The van der Waals surface area contributed by atoms with Crippen LogP contribution in [-0.4, -0.2) is 39.3 Å². The van der Waals surface area contributed by atoms with Crippen molar-refractivity contribution in [1.82, 2.24) is 4.90 Å². The quantitative estimate of drug-likeness (QED) is 0.101.